The fraction of sp³-hybridized carbons (Fsp3) is 0.308. The second-order valence-electron chi connectivity index (χ2n) is 4.16. The van der Waals surface area contributed by atoms with E-state index >= 15 is 0 Å². The number of aliphatic carboxylic acids is 1. The summed E-state index contributed by atoms with van der Waals surface area (Å²) >= 11 is 0. The number of hydrogen-bond donors (Lipinski definition) is 1. The van der Waals surface area contributed by atoms with Crippen LogP contribution in [0.15, 0.2) is 24.3 Å². The maximum Gasteiger partial charge on any atom is 0.332 e. The van der Waals surface area contributed by atoms with E-state index in [9.17, 15) is 14.4 Å². The van der Waals surface area contributed by atoms with E-state index in [2.05, 4.69) is 0 Å². The third-order valence-electron chi connectivity index (χ3n) is 2.91. The van der Waals surface area contributed by atoms with Crippen LogP contribution in [0.3, 0.4) is 0 Å². The Morgan fingerprint density at radius 1 is 1.26 bits per heavy atom. The Bertz CT molecular complexity index is 505. The molecule has 1 unspecified atom stereocenters. The summed E-state index contributed by atoms with van der Waals surface area (Å²) in [7, 11) is 0. The van der Waals surface area contributed by atoms with Gasteiger partial charge in [0.15, 0.2) is 6.10 Å². The lowest BCUT2D eigenvalue weighted by atomic mass is 10.1. The minimum atomic E-state index is -1.08. The molecule has 0 bridgehead atoms. The summed E-state index contributed by atoms with van der Waals surface area (Å²) in [4.78, 5) is 35.5. The van der Waals surface area contributed by atoms with Gasteiger partial charge in [0.05, 0.1) is 24.3 Å². The third kappa shape index (κ3) is 2.48. The Balaban J connectivity index is 1.99. The van der Waals surface area contributed by atoms with Crippen LogP contribution in [0, 0.1) is 0 Å². The third-order valence-corrected chi connectivity index (χ3v) is 2.91. The highest BCUT2D eigenvalue weighted by molar-refractivity contribution is 6.21. The fourth-order valence-electron chi connectivity index (χ4n) is 1.83. The van der Waals surface area contributed by atoms with Gasteiger partial charge in [0, 0.05) is 0 Å². The minimum Gasteiger partial charge on any atom is -0.479 e. The summed E-state index contributed by atoms with van der Waals surface area (Å²) in [5.41, 5.74) is 0.748. The molecule has 1 aliphatic rings. The van der Waals surface area contributed by atoms with Gasteiger partial charge in [-0.15, -0.1) is 0 Å². The van der Waals surface area contributed by atoms with Gasteiger partial charge in [-0.1, -0.05) is 12.1 Å². The standard InChI is InChI=1S/C13H13NO5/c1-8(13(17)18)19-7-6-14-11(15)9-4-2-3-5-10(9)12(14)16/h2-5,8H,6-7H2,1H3,(H,17,18). The first-order valence-corrected chi connectivity index (χ1v) is 5.82. The van der Waals surface area contributed by atoms with Crippen molar-refractivity contribution in [1.82, 2.24) is 4.90 Å². The quantitative estimate of drug-likeness (QED) is 0.793. The Hall–Kier alpha value is -2.21. The van der Waals surface area contributed by atoms with Crippen molar-refractivity contribution in [3.63, 3.8) is 0 Å². The molecule has 1 N–H and O–H groups in total. The molecule has 1 heterocycles. The van der Waals surface area contributed by atoms with Crippen molar-refractivity contribution in [2.24, 2.45) is 0 Å². The molecule has 0 aromatic heterocycles. The summed E-state index contributed by atoms with van der Waals surface area (Å²) in [5.74, 6) is -1.82. The molecule has 1 aromatic carbocycles. The number of carbonyl (C=O) groups is 3. The average molecular weight is 263 g/mol. The van der Waals surface area contributed by atoms with Crippen LogP contribution in [-0.4, -0.2) is 47.0 Å². The Morgan fingerprint density at radius 3 is 2.26 bits per heavy atom. The van der Waals surface area contributed by atoms with Crippen LogP contribution in [0.2, 0.25) is 0 Å². The van der Waals surface area contributed by atoms with E-state index in [1.807, 2.05) is 0 Å². The van der Waals surface area contributed by atoms with Gasteiger partial charge in [-0.05, 0) is 19.1 Å². The van der Waals surface area contributed by atoms with Gasteiger partial charge in [-0.25, -0.2) is 4.79 Å². The van der Waals surface area contributed by atoms with Gasteiger partial charge in [0.25, 0.3) is 11.8 Å². The lowest BCUT2D eigenvalue weighted by Gasteiger charge is -2.15. The number of carbonyl (C=O) groups excluding carboxylic acids is 2. The molecule has 2 rings (SSSR count). The molecule has 100 valence electrons. The number of nitrogens with zero attached hydrogens (tertiary/aromatic N) is 1. The van der Waals surface area contributed by atoms with Crippen LogP contribution in [0.4, 0.5) is 0 Å². The molecular formula is C13H13NO5. The molecule has 1 aliphatic heterocycles. The summed E-state index contributed by atoms with van der Waals surface area (Å²) in [6, 6.07) is 6.57. The second kappa shape index (κ2) is 5.19. The fourth-order valence-corrected chi connectivity index (χ4v) is 1.83. The number of benzene rings is 1. The highest BCUT2D eigenvalue weighted by Gasteiger charge is 2.34. The van der Waals surface area contributed by atoms with Gasteiger partial charge in [-0.2, -0.15) is 0 Å². The molecule has 2 amide bonds. The molecular weight excluding hydrogens is 250 g/mol. The SMILES string of the molecule is CC(OCCN1C(=O)c2ccccc2C1=O)C(=O)O. The van der Waals surface area contributed by atoms with Crippen molar-refractivity contribution in [3.8, 4) is 0 Å². The van der Waals surface area contributed by atoms with E-state index in [4.69, 9.17) is 9.84 Å². The van der Waals surface area contributed by atoms with Crippen LogP contribution in [-0.2, 0) is 9.53 Å². The van der Waals surface area contributed by atoms with E-state index in [0.717, 1.165) is 4.90 Å². The number of ether oxygens (including phenoxy) is 1. The van der Waals surface area contributed by atoms with E-state index in [-0.39, 0.29) is 25.0 Å². The summed E-state index contributed by atoms with van der Waals surface area (Å²) < 4.78 is 5.02. The molecule has 19 heavy (non-hydrogen) atoms. The Kier molecular flexibility index (Phi) is 3.62. The molecule has 1 atom stereocenters. The lowest BCUT2D eigenvalue weighted by molar-refractivity contribution is -0.149. The van der Waals surface area contributed by atoms with Crippen LogP contribution >= 0.6 is 0 Å². The number of fused-ring (bicyclic) bond motifs is 1. The zero-order valence-corrected chi connectivity index (χ0v) is 10.3. The van der Waals surface area contributed by atoms with Crippen molar-refractivity contribution in [2.45, 2.75) is 13.0 Å². The van der Waals surface area contributed by atoms with Crippen LogP contribution in [0.5, 0.6) is 0 Å². The number of amides is 2. The molecule has 0 radical (unpaired) electrons. The van der Waals surface area contributed by atoms with Gasteiger partial charge in [0.1, 0.15) is 0 Å². The molecule has 0 fully saturated rings. The number of hydrogen-bond acceptors (Lipinski definition) is 4. The van der Waals surface area contributed by atoms with Crippen molar-refractivity contribution in [1.29, 1.82) is 0 Å². The van der Waals surface area contributed by atoms with Gasteiger partial charge >= 0.3 is 5.97 Å². The van der Waals surface area contributed by atoms with Crippen molar-refractivity contribution in [2.75, 3.05) is 13.2 Å². The van der Waals surface area contributed by atoms with E-state index in [0.29, 0.717) is 11.1 Å². The van der Waals surface area contributed by atoms with E-state index in [1.54, 1.807) is 24.3 Å². The highest BCUT2D eigenvalue weighted by atomic mass is 16.5. The lowest BCUT2D eigenvalue weighted by Crippen LogP contribution is -2.34. The maximum atomic E-state index is 11.9. The van der Waals surface area contributed by atoms with Crippen molar-refractivity contribution < 1.29 is 24.2 Å². The predicted molar refractivity (Wildman–Crippen MR) is 64.9 cm³/mol. The number of rotatable bonds is 5. The van der Waals surface area contributed by atoms with E-state index in [1.165, 1.54) is 6.92 Å². The zero-order chi connectivity index (χ0) is 14.0. The average Bonchev–Trinajstić information content (AvgIpc) is 2.64. The second-order valence-corrected chi connectivity index (χ2v) is 4.16. The van der Waals surface area contributed by atoms with Crippen molar-refractivity contribution >= 4 is 17.8 Å². The maximum absolute atomic E-state index is 11.9. The van der Waals surface area contributed by atoms with Gasteiger partial charge in [-0.3, -0.25) is 14.5 Å². The topological polar surface area (TPSA) is 83.9 Å². The number of carboxylic acids is 1. The minimum absolute atomic E-state index is 0.00106. The first-order valence-electron chi connectivity index (χ1n) is 5.82. The van der Waals surface area contributed by atoms with Crippen LogP contribution < -0.4 is 0 Å². The summed E-state index contributed by atoms with van der Waals surface area (Å²) in [6.45, 7) is 1.44. The van der Waals surface area contributed by atoms with E-state index < -0.39 is 12.1 Å². The first-order chi connectivity index (χ1) is 9.02. The first kappa shape index (κ1) is 13.2. The zero-order valence-electron chi connectivity index (χ0n) is 10.3. The Labute approximate surface area is 109 Å². The molecule has 0 saturated heterocycles. The van der Waals surface area contributed by atoms with Crippen LogP contribution in [0.25, 0.3) is 0 Å². The summed E-state index contributed by atoms with van der Waals surface area (Å²) in [6.07, 6.45) is -0.963. The predicted octanol–water partition coefficient (Wildman–Crippen LogP) is 0.772. The normalized spacial score (nSPS) is 15.5. The molecule has 6 nitrogen and oxygen atoms in total. The van der Waals surface area contributed by atoms with Gasteiger partial charge < -0.3 is 9.84 Å². The molecule has 0 saturated carbocycles. The highest BCUT2D eigenvalue weighted by Crippen LogP contribution is 2.21. The molecule has 0 spiro atoms. The monoisotopic (exact) mass is 263 g/mol. The molecule has 0 aliphatic carbocycles. The molecule has 1 aromatic rings. The molecule has 6 heteroatoms. The van der Waals surface area contributed by atoms with Gasteiger partial charge in [0.2, 0.25) is 0 Å². The number of carboxylic acid groups (broad SMARTS) is 1. The summed E-state index contributed by atoms with van der Waals surface area (Å²) in [5, 5.41) is 8.65. The smallest absolute Gasteiger partial charge is 0.332 e. The number of imide groups is 1. The Morgan fingerprint density at radius 2 is 1.79 bits per heavy atom. The van der Waals surface area contributed by atoms with Crippen LogP contribution in [0.1, 0.15) is 27.6 Å². The van der Waals surface area contributed by atoms with Crippen molar-refractivity contribution in [3.05, 3.63) is 35.4 Å². The largest absolute Gasteiger partial charge is 0.479 e.